The van der Waals surface area contributed by atoms with Crippen LogP contribution in [0.1, 0.15) is 98.3 Å². The molecule has 7 nitrogen and oxygen atoms in total. The highest BCUT2D eigenvalue weighted by molar-refractivity contribution is 5.99. The Hall–Kier alpha value is -2.15. The first kappa shape index (κ1) is 24.5. The summed E-state index contributed by atoms with van der Waals surface area (Å²) in [5.74, 6) is -0.697. The summed E-state index contributed by atoms with van der Waals surface area (Å²) >= 11 is 0. The second-order valence-corrected chi connectivity index (χ2v) is 9.34. The molecule has 0 bridgehead atoms. The van der Waals surface area contributed by atoms with E-state index in [0.717, 1.165) is 58.0 Å². The minimum absolute atomic E-state index is 0.0415. The number of nitrogens with one attached hydrogen (secondary N) is 1. The molecule has 0 aromatic carbocycles. The third-order valence-corrected chi connectivity index (χ3v) is 6.63. The van der Waals surface area contributed by atoms with Gasteiger partial charge in [-0.25, -0.2) is 0 Å². The van der Waals surface area contributed by atoms with Gasteiger partial charge in [-0.15, -0.1) is 0 Å². The number of rotatable bonds is 8. The van der Waals surface area contributed by atoms with Gasteiger partial charge in [-0.05, 0) is 32.1 Å². The first-order valence-electron chi connectivity index (χ1n) is 12.4. The molecule has 1 aromatic heterocycles. The summed E-state index contributed by atoms with van der Waals surface area (Å²) < 4.78 is 7.54. The maximum atomic E-state index is 13.2. The number of hydrogen-bond donors (Lipinski definition) is 1. The Labute approximate surface area is 191 Å². The predicted octanol–water partition coefficient (Wildman–Crippen LogP) is 3.74. The largest absolute Gasteiger partial charge is 0.376 e. The van der Waals surface area contributed by atoms with E-state index in [-0.39, 0.29) is 35.1 Å². The Kier molecular flexibility index (Phi) is 9.33. The van der Waals surface area contributed by atoms with Crippen molar-refractivity contribution in [1.29, 1.82) is 0 Å². The van der Waals surface area contributed by atoms with Crippen molar-refractivity contribution in [2.45, 2.75) is 96.2 Å². The highest BCUT2D eigenvalue weighted by Gasteiger charge is 2.25. The second kappa shape index (κ2) is 12.2. The van der Waals surface area contributed by atoms with Crippen molar-refractivity contribution in [1.82, 2.24) is 14.8 Å². The number of aromatic nitrogens is 1. The van der Waals surface area contributed by atoms with Gasteiger partial charge in [-0.2, -0.15) is 0 Å². The van der Waals surface area contributed by atoms with E-state index in [1.54, 1.807) is 28.9 Å². The number of ether oxygens (including phenoxy) is 1. The van der Waals surface area contributed by atoms with Crippen LogP contribution in [0.4, 0.5) is 0 Å². The van der Waals surface area contributed by atoms with Gasteiger partial charge in [-0.3, -0.25) is 14.4 Å². The van der Waals surface area contributed by atoms with Crippen LogP contribution in [0.25, 0.3) is 0 Å². The van der Waals surface area contributed by atoms with Crippen LogP contribution in [-0.4, -0.2) is 53.6 Å². The zero-order chi connectivity index (χ0) is 22.9. The molecule has 1 atom stereocenters. The van der Waals surface area contributed by atoms with Gasteiger partial charge in [0.15, 0.2) is 0 Å². The quantitative estimate of drug-likeness (QED) is 0.661. The first-order valence-corrected chi connectivity index (χ1v) is 12.4. The van der Waals surface area contributed by atoms with Gasteiger partial charge in [0.25, 0.3) is 11.8 Å². The number of pyridine rings is 1. The van der Waals surface area contributed by atoms with Crippen molar-refractivity contribution in [2.75, 3.05) is 20.2 Å². The minimum atomic E-state index is -0.481. The van der Waals surface area contributed by atoms with E-state index < -0.39 is 5.43 Å². The third kappa shape index (κ3) is 6.67. The topological polar surface area (TPSA) is 80.6 Å². The average molecular weight is 446 g/mol. The van der Waals surface area contributed by atoms with Crippen LogP contribution < -0.4 is 10.7 Å². The van der Waals surface area contributed by atoms with Crippen molar-refractivity contribution in [3.05, 3.63) is 33.7 Å². The van der Waals surface area contributed by atoms with Crippen molar-refractivity contribution in [2.24, 2.45) is 0 Å². The van der Waals surface area contributed by atoms with E-state index in [9.17, 15) is 14.4 Å². The Morgan fingerprint density at radius 1 is 1.06 bits per heavy atom. The molecule has 1 aliphatic carbocycles. The molecule has 2 fully saturated rings. The Bertz CT molecular complexity index is 821. The molecule has 0 spiro atoms. The normalized spacial score (nSPS) is 19.9. The molecule has 0 radical (unpaired) electrons. The molecule has 32 heavy (non-hydrogen) atoms. The molecule has 2 aliphatic rings. The summed E-state index contributed by atoms with van der Waals surface area (Å²) in [6.07, 6.45) is 14.7. The highest BCUT2D eigenvalue weighted by Crippen LogP contribution is 2.18. The molecule has 7 heteroatoms. The molecule has 2 amide bonds. The zero-order valence-corrected chi connectivity index (χ0v) is 19.7. The van der Waals surface area contributed by atoms with E-state index in [2.05, 4.69) is 12.2 Å². The zero-order valence-electron chi connectivity index (χ0n) is 19.7. The Morgan fingerprint density at radius 3 is 2.41 bits per heavy atom. The van der Waals surface area contributed by atoms with E-state index in [1.165, 1.54) is 19.3 Å². The lowest BCUT2D eigenvalue weighted by atomic mass is 9.96. The lowest BCUT2D eigenvalue weighted by Crippen LogP contribution is -2.40. The maximum absolute atomic E-state index is 13.2. The van der Waals surface area contributed by atoms with E-state index in [0.29, 0.717) is 13.1 Å². The Balaban J connectivity index is 1.85. The molecule has 1 N–H and O–H groups in total. The second-order valence-electron chi connectivity index (χ2n) is 9.34. The van der Waals surface area contributed by atoms with Crippen LogP contribution in [0.5, 0.6) is 0 Å². The number of carbonyl (C=O) groups is 2. The summed E-state index contributed by atoms with van der Waals surface area (Å²) in [6.45, 7) is 3.90. The number of nitrogens with zero attached hydrogens (tertiary/aromatic N) is 2. The van der Waals surface area contributed by atoms with Crippen molar-refractivity contribution in [3.63, 3.8) is 0 Å². The van der Waals surface area contributed by atoms with E-state index in [4.69, 9.17) is 4.74 Å². The van der Waals surface area contributed by atoms with Crippen molar-refractivity contribution >= 4 is 11.8 Å². The predicted molar refractivity (Wildman–Crippen MR) is 125 cm³/mol. The average Bonchev–Trinajstić information content (AvgIpc) is 3.27. The molecule has 3 rings (SSSR count). The van der Waals surface area contributed by atoms with E-state index >= 15 is 0 Å². The summed E-state index contributed by atoms with van der Waals surface area (Å²) in [4.78, 5) is 41.0. The third-order valence-electron chi connectivity index (χ3n) is 6.63. The highest BCUT2D eigenvalue weighted by atomic mass is 16.5. The van der Waals surface area contributed by atoms with Gasteiger partial charge in [-0.1, -0.05) is 45.4 Å². The van der Waals surface area contributed by atoms with Crippen LogP contribution in [0.15, 0.2) is 17.2 Å². The number of hydrogen-bond acceptors (Lipinski definition) is 4. The molecular formula is C25H39N3O4. The molecule has 178 valence electrons. The van der Waals surface area contributed by atoms with E-state index in [1.807, 2.05) is 0 Å². The van der Waals surface area contributed by atoms with Gasteiger partial charge in [0.05, 0.1) is 6.10 Å². The molecule has 2 heterocycles. The number of amides is 2. The van der Waals surface area contributed by atoms with Crippen molar-refractivity contribution < 1.29 is 14.3 Å². The minimum Gasteiger partial charge on any atom is -0.376 e. The van der Waals surface area contributed by atoms with Crippen LogP contribution in [0.2, 0.25) is 0 Å². The molecule has 1 aromatic rings. The lowest BCUT2D eigenvalue weighted by molar-refractivity contribution is 0.0787. The first-order chi connectivity index (χ1) is 15.5. The number of unbranched alkanes of at least 4 members (excludes halogenated alkanes) is 1. The monoisotopic (exact) mass is 445 g/mol. The summed E-state index contributed by atoms with van der Waals surface area (Å²) in [5, 5.41) is 3.09. The summed E-state index contributed by atoms with van der Waals surface area (Å²) in [7, 11) is 1.71. The van der Waals surface area contributed by atoms with Gasteiger partial charge in [0.1, 0.15) is 11.1 Å². The van der Waals surface area contributed by atoms with Gasteiger partial charge >= 0.3 is 0 Å². The molecule has 1 saturated carbocycles. The van der Waals surface area contributed by atoms with Crippen LogP contribution in [-0.2, 0) is 11.3 Å². The van der Waals surface area contributed by atoms with Gasteiger partial charge < -0.3 is 19.5 Å². The van der Waals surface area contributed by atoms with Crippen LogP contribution in [0.3, 0.4) is 0 Å². The van der Waals surface area contributed by atoms with Gasteiger partial charge in [0.2, 0.25) is 5.43 Å². The Morgan fingerprint density at radius 2 is 1.75 bits per heavy atom. The van der Waals surface area contributed by atoms with Crippen LogP contribution in [0, 0.1) is 0 Å². The van der Waals surface area contributed by atoms with Crippen molar-refractivity contribution in [3.8, 4) is 0 Å². The fourth-order valence-corrected chi connectivity index (χ4v) is 4.64. The maximum Gasteiger partial charge on any atom is 0.259 e. The number of carbonyl (C=O) groups excluding carboxylic acids is 2. The smallest absolute Gasteiger partial charge is 0.259 e. The molecule has 1 saturated heterocycles. The lowest BCUT2D eigenvalue weighted by Gasteiger charge is -2.22. The standard InChI is InChI=1S/C25H39N3O4/c1-3-4-14-27(2)25(31)22-18-28(16-20-13-10-15-32-20)17-21(23(22)29)24(30)26-19-11-8-6-5-7-9-12-19/h17-20H,3-16H2,1-2H3,(H,26,30)/t20-/m1/s1. The SMILES string of the molecule is CCCCN(C)C(=O)c1cn(C[C@H]2CCCO2)cc(C(=O)NC2CCCCCCC2)c1=O. The van der Waals surface area contributed by atoms with Crippen LogP contribution >= 0.6 is 0 Å². The fraction of sp³-hybridized carbons (Fsp3) is 0.720. The summed E-state index contributed by atoms with van der Waals surface area (Å²) in [6, 6.07) is 0.0837. The van der Waals surface area contributed by atoms with Gasteiger partial charge in [0, 0.05) is 45.2 Å². The molecule has 1 aliphatic heterocycles. The fourth-order valence-electron chi connectivity index (χ4n) is 4.64. The molecular weight excluding hydrogens is 406 g/mol. The summed E-state index contributed by atoms with van der Waals surface area (Å²) in [5.41, 5.74) is -0.364. The molecule has 0 unspecified atom stereocenters.